The Bertz CT molecular complexity index is 192. The number of halogens is 3. The summed E-state index contributed by atoms with van der Waals surface area (Å²) in [6.45, 7) is 1.99. The molecule has 0 aliphatic carbocycles. The zero-order valence-electron chi connectivity index (χ0n) is 8.27. The monoisotopic (exact) mass is 212 g/mol. The second-order valence-electron chi connectivity index (χ2n) is 3.37. The predicted molar refractivity (Wildman–Crippen MR) is 46.6 cm³/mol. The van der Waals surface area contributed by atoms with Crippen molar-refractivity contribution in [2.75, 3.05) is 13.6 Å². The van der Waals surface area contributed by atoms with E-state index in [-0.39, 0.29) is 12.6 Å². The van der Waals surface area contributed by atoms with Crippen LogP contribution in [0.25, 0.3) is 0 Å². The first-order valence-electron chi connectivity index (χ1n) is 4.28. The summed E-state index contributed by atoms with van der Waals surface area (Å²) in [5.41, 5.74) is 5.41. The first kappa shape index (κ1) is 13.2. The maximum Gasteiger partial charge on any atom is 0.397 e. The van der Waals surface area contributed by atoms with Crippen LogP contribution in [0.3, 0.4) is 0 Å². The Labute approximate surface area is 81.1 Å². The van der Waals surface area contributed by atoms with Gasteiger partial charge in [-0.3, -0.25) is 4.79 Å². The van der Waals surface area contributed by atoms with Gasteiger partial charge in [-0.1, -0.05) is 0 Å². The van der Waals surface area contributed by atoms with E-state index in [0.29, 0.717) is 6.42 Å². The van der Waals surface area contributed by atoms with Crippen LogP contribution in [-0.4, -0.2) is 36.6 Å². The highest BCUT2D eigenvalue weighted by molar-refractivity contribution is 5.76. The van der Waals surface area contributed by atoms with Crippen LogP contribution in [0.2, 0.25) is 0 Å². The third-order valence-corrected chi connectivity index (χ3v) is 1.70. The number of nitrogens with zero attached hydrogens (tertiary/aromatic N) is 1. The van der Waals surface area contributed by atoms with E-state index in [4.69, 9.17) is 5.73 Å². The zero-order chi connectivity index (χ0) is 11.4. The largest absolute Gasteiger partial charge is 0.397 e. The second kappa shape index (κ2) is 5.19. The molecule has 0 fully saturated rings. The number of amides is 1. The third-order valence-electron chi connectivity index (χ3n) is 1.70. The van der Waals surface area contributed by atoms with Crippen molar-refractivity contribution in [3.05, 3.63) is 0 Å². The van der Waals surface area contributed by atoms with Crippen LogP contribution in [0, 0.1) is 0 Å². The lowest BCUT2D eigenvalue weighted by atomic mass is 10.2. The maximum atomic E-state index is 11.8. The average Bonchev–Trinajstić information content (AvgIpc) is 1.96. The summed E-state index contributed by atoms with van der Waals surface area (Å²) in [5.74, 6) is -0.918. The average molecular weight is 212 g/mol. The third kappa shape index (κ3) is 6.71. The predicted octanol–water partition coefficient (Wildman–Crippen LogP) is 1.13. The molecule has 0 saturated heterocycles. The van der Waals surface area contributed by atoms with Crippen LogP contribution in [-0.2, 0) is 4.79 Å². The van der Waals surface area contributed by atoms with Gasteiger partial charge in [-0.05, 0) is 13.3 Å². The number of hydrogen-bond acceptors (Lipinski definition) is 2. The van der Waals surface area contributed by atoms with Gasteiger partial charge in [-0.15, -0.1) is 0 Å². The highest BCUT2D eigenvalue weighted by Crippen LogP contribution is 2.20. The van der Waals surface area contributed by atoms with Crippen molar-refractivity contribution in [3.8, 4) is 0 Å². The number of nitrogens with two attached hydrogens (primary N) is 1. The van der Waals surface area contributed by atoms with E-state index < -0.39 is 18.5 Å². The van der Waals surface area contributed by atoms with Gasteiger partial charge in [0.2, 0.25) is 5.91 Å². The fourth-order valence-corrected chi connectivity index (χ4v) is 0.828. The summed E-state index contributed by atoms with van der Waals surface area (Å²) in [6, 6.07) is -0.115. The number of alkyl halides is 3. The van der Waals surface area contributed by atoms with Crippen molar-refractivity contribution < 1.29 is 18.0 Å². The van der Waals surface area contributed by atoms with Crippen molar-refractivity contribution in [2.24, 2.45) is 5.73 Å². The first-order chi connectivity index (χ1) is 6.22. The van der Waals surface area contributed by atoms with Gasteiger partial charge in [-0.25, -0.2) is 0 Å². The Morgan fingerprint density at radius 3 is 2.36 bits per heavy atom. The minimum atomic E-state index is -4.43. The van der Waals surface area contributed by atoms with E-state index in [1.165, 1.54) is 7.05 Å². The maximum absolute atomic E-state index is 11.8. The molecule has 0 bridgehead atoms. The lowest BCUT2D eigenvalue weighted by Crippen LogP contribution is -2.33. The number of rotatable bonds is 4. The quantitative estimate of drug-likeness (QED) is 0.759. The highest BCUT2D eigenvalue weighted by Gasteiger charge is 2.32. The van der Waals surface area contributed by atoms with Crippen LogP contribution in [0.15, 0.2) is 0 Å². The van der Waals surface area contributed by atoms with Crippen molar-refractivity contribution >= 4 is 5.91 Å². The Morgan fingerprint density at radius 1 is 1.50 bits per heavy atom. The van der Waals surface area contributed by atoms with Gasteiger partial charge in [0.15, 0.2) is 0 Å². The smallest absolute Gasteiger partial charge is 0.345 e. The van der Waals surface area contributed by atoms with E-state index in [2.05, 4.69) is 0 Å². The fourth-order valence-electron chi connectivity index (χ4n) is 0.828. The van der Waals surface area contributed by atoms with Gasteiger partial charge in [0.1, 0.15) is 6.42 Å². The van der Waals surface area contributed by atoms with Gasteiger partial charge in [0.25, 0.3) is 0 Å². The molecular formula is C8H15F3N2O. The van der Waals surface area contributed by atoms with E-state index >= 15 is 0 Å². The molecule has 0 saturated carbocycles. The normalized spacial score (nSPS) is 13.9. The van der Waals surface area contributed by atoms with Gasteiger partial charge in [-0.2, -0.15) is 13.2 Å². The van der Waals surface area contributed by atoms with Crippen molar-refractivity contribution in [2.45, 2.75) is 32.0 Å². The molecule has 0 aromatic carbocycles. The highest BCUT2D eigenvalue weighted by atomic mass is 19.4. The van der Waals surface area contributed by atoms with Crippen LogP contribution in [0.5, 0.6) is 0 Å². The van der Waals surface area contributed by atoms with Crippen molar-refractivity contribution in [1.82, 2.24) is 4.90 Å². The molecule has 0 aromatic rings. The topological polar surface area (TPSA) is 46.3 Å². The molecule has 84 valence electrons. The van der Waals surface area contributed by atoms with Gasteiger partial charge in [0.05, 0.1) is 0 Å². The molecule has 3 nitrogen and oxygen atoms in total. The minimum absolute atomic E-state index is 0.115. The molecule has 2 N–H and O–H groups in total. The van der Waals surface area contributed by atoms with Gasteiger partial charge < -0.3 is 10.6 Å². The lowest BCUT2D eigenvalue weighted by molar-refractivity contribution is -0.160. The van der Waals surface area contributed by atoms with E-state index in [1.54, 1.807) is 6.92 Å². The molecule has 0 spiro atoms. The summed E-state index contributed by atoms with van der Waals surface area (Å²) in [7, 11) is 1.34. The van der Waals surface area contributed by atoms with Crippen molar-refractivity contribution in [3.63, 3.8) is 0 Å². The van der Waals surface area contributed by atoms with Crippen LogP contribution in [0.1, 0.15) is 19.8 Å². The zero-order valence-corrected chi connectivity index (χ0v) is 8.27. The Kier molecular flexibility index (Phi) is 4.90. The molecule has 1 unspecified atom stereocenters. The fraction of sp³-hybridized carbons (Fsp3) is 0.875. The van der Waals surface area contributed by atoms with Gasteiger partial charge in [0, 0.05) is 19.6 Å². The molecule has 0 rings (SSSR count). The Balaban J connectivity index is 3.88. The number of carbonyl (C=O) groups excluding carboxylic acids is 1. The SMILES string of the molecule is CC(N)CCN(C)C(=O)CC(F)(F)F. The lowest BCUT2D eigenvalue weighted by Gasteiger charge is -2.18. The molecular weight excluding hydrogens is 197 g/mol. The molecule has 1 amide bonds. The van der Waals surface area contributed by atoms with Crippen LogP contribution in [0.4, 0.5) is 13.2 Å². The standard InChI is InChI=1S/C8H15F3N2O/c1-6(12)3-4-13(2)7(14)5-8(9,10)11/h6H,3-5,12H2,1-2H3. The van der Waals surface area contributed by atoms with Crippen molar-refractivity contribution in [1.29, 1.82) is 0 Å². The van der Waals surface area contributed by atoms with Gasteiger partial charge >= 0.3 is 6.18 Å². The van der Waals surface area contributed by atoms with Crippen LogP contribution < -0.4 is 5.73 Å². The number of hydrogen-bond donors (Lipinski definition) is 1. The van der Waals surface area contributed by atoms with E-state index in [1.807, 2.05) is 0 Å². The number of carbonyl (C=O) groups is 1. The molecule has 1 atom stereocenters. The summed E-state index contributed by atoms with van der Waals surface area (Å²) in [5, 5.41) is 0. The second-order valence-corrected chi connectivity index (χ2v) is 3.37. The Morgan fingerprint density at radius 2 is 2.00 bits per heavy atom. The molecule has 14 heavy (non-hydrogen) atoms. The summed E-state index contributed by atoms with van der Waals surface area (Å²) in [4.78, 5) is 12.0. The summed E-state index contributed by atoms with van der Waals surface area (Å²) >= 11 is 0. The summed E-state index contributed by atoms with van der Waals surface area (Å²) in [6.07, 6.45) is -5.33. The molecule has 0 aliphatic heterocycles. The van der Waals surface area contributed by atoms with E-state index in [0.717, 1.165) is 4.90 Å². The Hall–Kier alpha value is -0.780. The molecule has 0 radical (unpaired) electrons. The summed E-state index contributed by atoms with van der Waals surface area (Å²) < 4.78 is 35.4. The first-order valence-corrected chi connectivity index (χ1v) is 4.28. The van der Waals surface area contributed by atoms with Crippen LogP contribution >= 0.6 is 0 Å². The van der Waals surface area contributed by atoms with E-state index in [9.17, 15) is 18.0 Å². The molecule has 0 aromatic heterocycles. The minimum Gasteiger partial charge on any atom is -0.345 e. The molecule has 0 heterocycles. The molecule has 6 heteroatoms. The molecule has 0 aliphatic rings.